The van der Waals surface area contributed by atoms with E-state index in [1.54, 1.807) is 0 Å². The number of hydrogen-bond acceptors (Lipinski definition) is 3. The van der Waals surface area contributed by atoms with Crippen molar-refractivity contribution < 1.29 is 9.63 Å². The van der Waals surface area contributed by atoms with E-state index < -0.39 is 6.09 Å². The molecule has 48 valence electrons. The quantitative estimate of drug-likeness (QED) is 0.411. The van der Waals surface area contributed by atoms with Crippen LogP contribution in [0.15, 0.2) is 0 Å². The van der Waals surface area contributed by atoms with Crippen molar-refractivity contribution in [1.29, 1.82) is 0 Å². The van der Waals surface area contributed by atoms with Gasteiger partial charge in [0.25, 0.3) is 0 Å². The fourth-order valence-corrected chi connectivity index (χ4v) is 0.285. The zero-order valence-corrected chi connectivity index (χ0v) is 4.94. The average molecular weight is 139 g/mol. The minimum atomic E-state index is -0.661. The van der Waals surface area contributed by atoms with E-state index in [0.29, 0.717) is 12.4 Å². The summed E-state index contributed by atoms with van der Waals surface area (Å²) >= 11 is 5.19. The highest BCUT2D eigenvalue weighted by molar-refractivity contribution is 6.18. The van der Waals surface area contributed by atoms with Crippen LogP contribution in [0.2, 0.25) is 0 Å². The van der Waals surface area contributed by atoms with Crippen molar-refractivity contribution in [2.24, 2.45) is 5.90 Å². The molecule has 8 heavy (non-hydrogen) atoms. The largest absolute Gasteiger partial charge is 0.425 e. The third kappa shape index (κ3) is 3.70. The van der Waals surface area contributed by atoms with Crippen molar-refractivity contribution in [2.45, 2.75) is 0 Å². The molecule has 0 aromatic carbocycles. The van der Waals surface area contributed by atoms with Crippen LogP contribution in [0, 0.1) is 0 Å². The Morgan fingerprint density at radius 2 is 2.50 bits per heavy atom. The predicted octanol–water partition coefficient (Wildman–Crippen LogP) is -0.175. The van der Waals surface area contributed by atoms with Gasteiger partial charge in [0.15, 0.2) is 0 Å². The maximum absolute atomic E-state index is 10.1. The number of alkyl halides is 1. The van der Waals surface area contributed by atoms with Crippen LogP contribution >= 0.6 is 11.6 Å². The minimum Gasteiger partial charge on any atom is -0.357 e. The molecule has 0 unspecified atom stereocenters. The summed E-state index contributed by atoms with van der Waals surface area (Å²) in [4.78, 5) is 13.8. The van der Waals surface area contributed by atoms with Crippen LogP contribution in [0.5, 0.6) is 0 Å². The van der Waals surface area contributed by atoms with Crippen LogP contribution in [-0.4, -0.2) is 18.5 Å². The van der Waals surface area contributed by atoms with E-state index in [0.717, 1.165) is 0 Å². The summed E-state index contributed by atoms with van der Waals surface area (Å²) in [6.07, 6.45) is -0.661. The first-order valence-electron chi connectivity index (χ1n) is 2.01. The molecule has 0 bridgehead atoms. The summed E-state index contributed by atoms with van der Waals surface area (Å²) in [5.41, 5.74) is 0. The molecule has 0 aromatic rings. The Bertz CT molecular complexity index is 77.7. The lowest BCUT2D eigenvalue weighted by Gasteiger charge is -1.96. The second-order valence-electron chi connectivity index (χ2n) is 1.02. The van der Waals surface area contributed by atoms with E-state index in [2.05, 4.69) is 16.1 Å². The summed E-state index contributed by atoms with van der Waals surface area (Å²) in [6, 6.07) is 0. The van der Waals surface area contributed by atoms with Crippen LogP contribution in [0.3, 0.4) is 0 Å². The molecule has 0 aromatic heterocycles. The summed E-state index contributed by atoms with van der Waals surface area (Å²) in [5.74, 6) is 4.81. The van der Waals surface area contributed by atoms with Crippen molar-refractivity contribution in [1.82, 2.24) is 5.32 Å². The first-order chi connectivity index (χ1) is 3.81. The van der Waals surface area contributed by atoms with Gasteiger partial charge in [-0.05, 0) is 0 Å². The SMILES string of the molecule is NOC(=O)NCCCl. The lowest BCUT2D eigenvalue weighted by Crippen LogP contribution is -2.28. The van der Waals surface area contributed by atoms with Crippen LogP contribution in [0.1, 0.15) is 0 Å². The van der Waals surface area contributed by atoms with Gasteiger partial charge in [0.2, 0.25) is 0 Å². The van der Waals surface area contributed by atoms with Crippen LogP contribution in [0.25, 0.3) is 0 Å². The number of carbonyl (C=O) groups excluding carboxylic acids is 1. The Morgan fingerprint density at radius 3 is 2.88 bits per heavy atom. The molecule has 0 saturated heterocycles. The van der Waals surface area contributed by atoms with Gasteiger partial charge in [-0.3, -0.25) is 0 Å². The van der Waals surface area contributed by atoms with E-state index in [-0.39, 0.29) is 0 Å². The molecule has 4 nitrogen and oxygen atoms in total. The Balaban J connectivity index is 2.99. The topological polar surface area (TPSA) is 64.3 Å². The normalized spacial score (nSPS) is 8.25. The van der Waals surface area contributed by atoms with Gasteiger partial charge in [0, 0.05) is 12.4 Å². The van der Waals surface area contributed by atoms with E-state index in [1.807, 2.05) is 0 Å². The first kappa shape index (κ1) is 7.52. The highest BCUT2D eigenvalue weighted by atomic mass is 35.5. The number of amides is 1. The fourth-order valence-electron chi connectivity index (χ4n) is 0.191. The highest BCUT2D eigenvalue weighted by Crippen LogP contribution is 1.70. The van der Waals surface area contributed by atoms with E-state index in [4.69, 9.17) is 11.6 Å². The monoisotopic (exact) mass is 138 g/mol. The molecular formula is C3H7ClN2O2. The molecule has 0 saturated carbocycles. The fraction of sp³-hybridized carbons (Fsp3) is 0.667. The van der Waals surface area contributed by atoms with Gasteiger partial charge < -0.3 is 10.2 Å². The number of hydrogen-bond donors (Lipinski definition) is 2. The lowest BCUT2D eigenvalue weighted by molar-refractivity contribution is 0.148. The standard InChI is InChI=1S/C3H7ClN2O2/c4-1-2-6-3(7)8-5/h1-2,5H2,(H,6,7). The molecule has 0 aliphatic carbocycles. The number of halogens is 1. The number of nitrogens with two attached hydrogens (primary N) is 1. The molecule has 0 fully saturated rings. The second-order valence-corrected chi connectivity index (χ2v) is 1.40. The van der Waals surface area contributed by atoms with Gasteiger partial charge in [0.1, 0.15) is 0 Å². The van der Waals surface area contributed by atoms with Gasteiger partial charge in [-0.1, -0.05) is 0 Å². The summed E-state index contributed by atoms with van der Waals surface area (Å²) < 4.78 is 0. The number of nitrogens with one attached hydrogen (secondary N) is 1. The maximum atomic E-state index is 10.1. The maximum Gasteiger partial charge on any atom is 0.425 e. The molecular weight excluding hydrogens is 131 g/mol. The Morgan fingerprint density at radius 1 is 1.88 bits per heavy atom. The molecule has 0 aliphatic rings. The predicted molar refractivity (Wildman–Crippen MR) is 29.4 cm³/mol. The summed E-state index contributed by atoms with van der Waals surface area (Å²) in [5, 5.41) is 2.26. The zero-order chi connectivity index (χ0) is 6.41. The number of carbonyl (C=O) groups is 1. The van der Waals surface area contributed by atoms with Crippen molar-refractivity contribution in [3.05, 3.63) is 0 Å². The van der Waals surface area contributed by atoms with Gasteiger partial charge in [-0.25, -0.2) is 4.79 Å². The summed E-state index contributed by atoms with van der Waals surface area (Å²) in [7, 11) is 0. The van der Waals surface area contributed by atoms with Crippen LogP contribution in [0.4, 0.5) is 4.79 Å². The Labute approximate surface area is 51.9 Å². The third-order valence-corrected chi connectivity index (χ3v) is 0.660. The zero-order valence-electron chi connectivity index (χ0n) is 4.19. The van der Waals surface area contributed by atoms with E-state index in [1.165, 1.54) is 0 Å². The molecule has 0 rings (SSSR count). The Kier molecular flexibility index (Phi) is 4.39. The molecule has 3 N–H and O–H groups in total. The summed E-state index contributed by atoms with van der Waals surface area (Å²) in [6.45, 7) is 0.373. The Hall–Kier alpha value is -0.480. The third-order valence-electron chi connectivity index (χ3n) is 0.471. The molecule has 0 atom stereocenters. The van der Waals surface area contributed by atoms with E-state index in [9.17, 15) is 4.79 Å². The molecule has 0 radical (unpaired) electrons. The molecule has 0 spiro atoms. The van der Waals surface area contributed by atoms with Crippen LogP contribution in [-0.2, 0) is 4.84 Å². The average Bonchev–Trinajstić information content (AvgIpc) is 1.83. The van der Waals surface area contributed by atoms with Crippen molar-refractivity contribution in [3.8, 4) is 0 Å². The van der Waals surface area contributed by atoms with E-state index >= 15 is 0 Å². The smallest absolute Gasteiger partial charge is 0.357 e. The van der Waals surface area contributed by atoms with Crippen molar-refractivity contribution >= 4 is 17.7 Å². The first-order valence-corrected chi connectivity index (χ1v) is 2.55. The molecule has 0 aliphatic heterocycles. The van der Waals surface area contributed by atoms with Crippen LogP contribution < -0.4 is 11.2 Å². The van der Waals surface area contributed by atoms with Gasteiger partial charge >= 0.3 is 6.09 Å². The minimum absolute atomic E-state index is 0.356. The molecule has 5 heteroatoms. The number of rotatable bonds is 2. The molecule has 0 heterocycles. The highest BCUT2D eigenvalue weighted by Gasteiger charge is 1.93. The van der Waals surface area contributed by atoms with Gasteiger partial charge in [-0.2, -0.15) is 5.90 Å². The van der Waals surface area contributed by atoms with Gasteiger partial charge in [0.05, 0.1) is 0 Å². The molecule has 1 amide bonds. The van der Waals surface area contributed by atoms with Crippen molar-refractivity contribution in [3.63, 3.8) is 0 Å². The van der Waals surface area contributed by atoms with Crippen molar-refractivity contribution in [2.75, 3.05) is 12.4 Å². The second kappa shape index (κ2) is 4.67. The lowest BCUT2D eigenvalue weighted by atomic mass is 10.7. The van der Waals surface area contributed by atoms with Gasteiger partial charge in [-0.15, -0.1) is 11.6 Å².